The van der Waals surface area contributed by atoms with Crippen molar-refractivity contribution in [3.8, 4) is 0 Å². The third kappa shape index (κ3) is 2.85. The summed E-state index contributed by atoms with van der Waals surface area (Å²) in [5.41, 5.74) is 1.50. The van der Waals surface area contributed by atoms with Gasteiger partial charge in [-0.3, -0.25) is 9.97 Å². The fraction of sp³-hybridized carbons (Fsp3) is 0.636. The Morgan fingerprint density at radius 2 is 2.22 bits per heavy atom. The van der Waals surface area contributed by atoms with E-state index in [0.717, 1.165) is 5.69 Å². The molecule has 0 amide bonds. The first kappa shape index (κ1) is 13.4. The average Bonchev–Trinajstić information content (AvgIpc) is 2.40. The molecule has 0 aromatic carbocycles. The molecule has 18 heavy (non-hydrogen) atoms. The van der Waals surface area contributed by atoms with Crippen molar-refractivity contribution in [2.24, 2.45) is 0 Å². The number of sulfonamides is 1. The summed E-state index contributed by atoms with van der Waals surface area (Å²) in [5, 5.41) is 0. The Balaban J connectivity index is 2.14. The van der Waals surface area contributed by atoms with E-state index in [1.54, 1.807) is 19.3 Å². The molecule has 1 saturated heterocycles. The van der Waals surface area contributed by atoms with Crippen LogP contribution in [0.15, 0.2) is 12.4 Å². The maximum atomic E-state index is 11.8. The maximum absolute atomic E-state index is 11.8. The third-order valence-corrected chi connectivity index (χ3v) is 4.77. The lowest BCUT2D eigenvalue weighted by Crippen LogP contribution is -2.43. The van der Waals surface area contributed by atoms with E-state index in [0.29, 0.717) is 25.4 Å². The normalized spacial score (nSPS) is 22.0. The summed E-state index contributed by atoms with van der Waals surface area (Å²) in [7, 11) is -3.17. The lowest BCUT2D eigenvalue weighted by molar-refractivity contribution is -0.00511. The van der Waals surface area contributed by atoms with Crippen LogP contribution in [0.4, 0.5) is 0 Å². The van der Waals surface area contributed by atoms with Gasteiger partial charge in [0.05, 0.1) is 29.9 Å². The van der Waals surface area contributed by atoms with Gasteiger partial charge in [-0.1, -0.05) is 0 Å². The van der Waals surface area contributed by atoms with E-state index >= 15 is 0 Å². The molecule has 1 unspecified atom stereocenters. The topological polar surface area (TPSA) is 72.4 Å². The second-order valence-electron chi connectivity index (χ2n) is 4.20. The first-order chi connectivity index (χ1) is 8.53. The van der Waals surface area contributed by atoms with Gasteiger partial charge in [-0.05, 0) is 13.8 Å². The van der Waals surface area contributed by atoms with E-state index in [1.165, 1.54) is 4.31 Å². The predicted octanol–water partition coefficient (Wildman–Crippen LogP) is 0.508. The SMILES string of the molecule is CCS(=O)(=O)N1CCOC(c2cnc(C)cn2)C1. The average molecular weight is 271 g/mol. The number of rotatable bonds is 3. The molecule has 0 aliphatic carbocycles. The summed E-state index contributed by atoms with van der Waals surface area (Å²) >= 11 is 0. The Morgan fingerprint density at radius 1 is 1.44 bits per heavy atom. The van der Waals surface area contributed by atoms with E-state index in [2.05, 4.69) is 9.97 Å². The molecule has 1 aliphatic heterocycles. The van der Waals surface area contributed by atoms with Crippen molar-refractivity contribution in [2.45, 2.75) is 20.0 Å². The maximum Gasteiger partial charge on any atom is 0.214 e. The Labute approximate surface area is 107 Å². The van der Waals surface area contributed by atoms with Gasteiger partial charge in [0.2, 0.25) is 10.0 Å². The van der Waals surface area contributed by atoms with E-state index in [4.69, 9.17) is 4.74 Å². The summed E-state index contributed by atoms with van der Waals surface area (Å²) in [4.78, 5) is 8.39. The molecule has 1 atom stereocenters. The molecular formula is C11H17N3O3S. The summed E-state index contributed by atoms with van der Waals surface area (Å²) in [5.74, 6) is 0.110. The van der Waals surface area contributed by atoms with Gasteiger partial charge in [-0.2, -0.15) is 4.31 Å². The van der Waals surface area contributed by atoms with Gasteiger partial charge in [-0.15, -0.1) is 0 Å². The molecule has 100 valence electrons. The lowest BCUT2D eigenvalue weighted by atomic mass is 10.2. The minimum atomic E-state index is -3.17. The van der Waals surface area contributed by atoms with Gasteiger partial charge in [-0.25, -0.2) is 8.42 Å². The van der Waals surface area contributed by atoms with E-state index in [1.807, 2.05) is 6.92 Å². The van der Waals surface area contributed by atoms with Crippen molar-refractivity contribution in [2.75, 3.05) is 25.4 Å². The second kappa shape index (κ2) is 5.29. The van der Waals surface area contributed by atoms with Crippen LogP contribution in [-0.2, 0) is 14.8 Å². The molecule has 0 radical (unpaired) electrons. The van der Waals surface area contributed by atoms with Crippen molar-refractivity contribution in [3.05, 3.63) is 23.8 Å². The van der Waals surface area contributed by atoms with Crippen molar-refractivity contribution >= 4 is 10.0 Å². The highest BCUT2D eigenvalue weighted by Crippen LogP contribution is 2.21. The largest absolute Gasteiger partial charge is 0.369 e. The molecule has 0 saturated carbocycles. The third-order valence-electron chi connectivity index (χ3n) is 2.92. The minimum Gasteiger partial charge on any atom is -0.369 e. The van der Waals surface area contributed by atoms with Crippen LogP contribution in [0.25, 0.3) is 0 Å². The zero-order chi connectivity index (χ0) is 13.2. The molecule has 7 heteroatoms. The van der Waals surface area contributed by atoms with Crippen LogP contribution in [0.3, 0.4) is 0 Å². The quantitative estimate of drug-likeness (QED) is 0.801. The summed E-state index contributed by atoms with van der Waals surface area (Å²) in [6.07, 6.45) is 2.97. The highest BCUT2D eigenvalue weighted by Gasteiger charge is 2.29. The van der Waals surface area contributed by atoms with Crippen LogP contribution in [0.5, 0.6) is 0 Å². The minimum absolute atomic E-state index is 0.110. The van der Waals surface area contributed by atoms with E-state index < -0.39 is 10.0 Å². The van der Waals surface area contributed by atoms with Gasteiger partial charge in [0.1, 0.15) is 6.10 Å². The molecule has 2 rings (SSSR count). The highest BCUT2D eigenvalue weighted by atomic mass is 32.2. The summed E-state index contributed by atoms with van der Waals surface area (Å²) in [6.45, 7) is 4.61. The molecular weight excluding hydrogens is 254 g/mol. The first-order valence-electron chi connectivity index (χ1n) is 5.91. The number of hydrogen-bond acceptors (Lipinski definition) is 5. The second-order valence-corrected chi connectivity index (χ2v) is 6.46. The number of hydrogen-bond donors (Lipinski definition) is 0. The molecule has 1 fully saturated rings. The number of ether oxygens (including phenoxy) is 1. The van der Waals surface area contributed by atoms with Gasteiger partial charge in [0.25, 0.3) is 0 Å². The van der Waals surface area contributed by atoms with Gasteiger partial charge < -0.3 is 4.74 Å². The molecule has 1 aromatic rings. The van der Waals surface area contributed by atoms with Gasteiger partial charge in [0.15, 0.2) is 0 Å². The van der Waals surface area contributed by atoms with E-state index in [9.17, 15) is 8.42 Å². The Bertz CT molecular complexity index is 501. The molecule has 1 aromatic heterocycles. The van der Waals surface area contributed by atoms with Crippen LogP contribution < -0.4 is 0 Å². The summed E-state index contributed by atoms with van der Waals surface area (Å²) in [6, 6.07) is 0. The molecule has 6 nitrogen and oxygen atoms in total. The first-order valence-corrected chi connectivity index (χ1v) is 7.52. The standard InChI is InChI=1S/C11H17N3O3S/c1-3-18(15,16)14-4-5-17-11(8-14)10-7-12-9(2)6-13-10/h6-7,11H,3-5,8H2,1-2H3. The Hall–Kier alpha value is -1.05. The molecule has 2 heterocycles. The number of aryl methyl sites for hydroxylation is 1. The number of morpholine rings is 1. The molecule has 0 N–H and O–H groups in total. The van der Waals surface area contributed by atoms with Crippen molar-refractivity contribution in [1.29, 1.82) is 0 Å². The predicted molar refractivity (Wildman–Crippen MR) is 66.5 cm³/mol. The van der Waals surface area contributed by atoms with Crippen LogP contribution in [0.2, 0.25) is 0 Å². The van der Waals surface area contributed by atoms with Crippen molar-refractivity contribution in [3.63, 3.8) is 0 Å². The molecule has 1 aliphatic rings. The zero-order valence-corrected chi connectivity index (χ0v) is 11.4. The van der Waals surface area contributed by atoms with Gasteiger partial charge in [0, 0.05) is 19.3 Å². The smallest absolute Gasteiger partial charge is 0.214 e. The fourth-order valence-corrected chi connectivity index (χ4v) is 2.89. The monoisotopic (exact) mass is 271 g/mol. The highest BCUT2D eigenvalue weighted by molar-refractivity contribution is 7.89. The molecule has 0 bridgehead atoms. The van der Waals surface area contributed by atoms with Crippen molar-refractivity contribution < 1.29 is 13.2 Å². The van der Waals surface area contributed by atoms with Crippen LogP contribution in [0, 0.1) is 6.92 Å². The number of aromatic nitrogens is 2. The Kier molecular flexibility index (Phi) is 3.94. The van der Waals surface area contributed by atoms with Gasteiger partial charge >= 0.3 is 0 Å². The molecule has 0 spiro atoms. The Morgan fingerprint density at radius 3 is 2.83 bits per heavy atom. The zero-order valence-electron chi connectivity index (χ0n) is 10.5. The van der Waals surface area contributed by atoms with Crippen molar-refractivity contribution in [1.82, 2.24) is 14.3 Å². The number of nitrogens with zero attached hydrogens (tertiary/aromatic N) is 3. The van der Waals surface area contributed by atoms with E-state index in [-0.39, 0.29) is 11.9 Å². The fourth-order valence-electron chi connectivity index (χ4n) is 1.81. The van der Waals surface area contributed by atoms with Crippen LogP contribution in [-0.4, -0.2) is 48.1 Å². The van der Waals surface area contributed by atoms with Crippen LogP contribution >= 0.6 is 0 Å². The lowest BCUT2D eigenvalue weighted by Gasteiger charge is -2.31. The summed E-state index contributed by atoms with van der Waals surface area (Å²) < 4.78 is 30.7. The van der Waals surface area contributed by atoms with Crippen LogP contribution in [0.1, 0.15) is 24.4 Å².